The van der Waals surface area contributed by atoms with E-state index >= 15 is 0 Å². The maximum absolute atomic E-state index is 13.5. The molecule has 0 saturated heterocycles. The maximum Gasteiger partial charge on any atom is 0.263 e. The lowest BCUT2D eigenvalue weighted by Crippen LogP contribution is -2.18. The van der Waals surface area contributed by atoms with Crippen molar-refractivity contribution in [1.29, 1.82) is 0 Å². The minimum atomic E-state index is -4.23. The first-order valence-electron chi connectivity index (χ1n) is 5.66. The average molecular weight is 317 g/mol. The molecule has 9 heteroatoms. The standard InChI is InChI=1S/C12H10F3N3O2S/c13-7-4-9(15)10(5-8(7)14)18-21(19,20)12-2-1-3-17-11(12)6-16/h1-5,18H,6,16H2. The molecule has 112 valence electrons. The van der Waals surface area contributed by atoms with Crippen LogP contribution in [0.5, 0.6) is 0 Å². The van der Waals surface area contributed by atoms with Crippen LogP contribution in [0.15, 0.2) is 35.4 Å². The topological polar surface area (TPSA) is 85.1 Å². The van der Waals surface area contributed by atoms with Crippen LogP contribution < -0.4 is 10.5 Å². The molecule has 2 rings (SSSR count). The summed E-state index contributed by atoms with van der Waals surface area (Å²) in [5.41, 5.74) is 4.73. The van der Waals surface area contributed by atoms with Crippen molar-refractivity contribution in [1.82, 2.24) is 4.98 Å². The van der Waals surface area contributed by atoms with Gasteiger partial charge in [-0.15, -0.1) is 0 Å². The van der Waals surface area contributed by atoms with E-state index in [1.165, 1.54) is 18.3 Å². The first kappa shape index (κ1) is 15.3. The van der Waals surface area contributed by atoms with Crippen molar-refractivity contribution < 1.29 is 21.6 Å². The summed E-state index contributed by atoms with van der Waals surface area (Å²) in [6, 6.07) is 3.24. The Bertz CT molecular complexity index is 781. The number of sulfonamides is 1. The molecule has 0 radical (unpaired) electrons. The van der Waals surface area contributed by atoms with E-state index in [2.05, 4.69) is 4.98 Å². The molecule has 1 aromatic carbocycles. The summed E-state index contributed by atoms with van der Waals surface area (Å²) in [7, 11) is -4.23. The summed E-state index contributed by atoms with van der Waals surface area (Å²) in [6.45, 7) is -0.155. The van der Waals surface area contributed by atoms with Crippen molar-refractivity contribution in [3.8, 4) is 0 Å². The molecule has 0 aliphatic rings. The van der Waals surface area contributed by atoms with Gasteiger partial charge in [-0.25, -0.2) is 21.6 Å². The Balaban J connectivity index is 2.45. The molecule has 0 aliphatic heterocycles. The lowest BCUT2D eigenvalue weighted by Gasteiger charge is -2.11. The van der Waals surface area contributed by atoms with E-state index in [4.69, 9.17) is 5.73 Å². The van der Waals surface area contributed by atoms with E-state index in [1.54, 1.807) is 0 Å². The molecule has 0 aliphatic carbocycles. The van der Waals surface area contributed by atoms with Gasteiger partial charge in [0, 0.05) is 24.9 Å². The molecular formula is C12H10F3N3O2S. The molecule has 0 saturated carbocycles. The zero-order valence-corrected chi connectivity index (χ0v) is 11.3. The highest BCUT2D eigenvalue weighted by atomic mass is 32.2. The minimum absolute atomic E-state index is 0.0630. The van der Waals surface area contributed by atoms with Crippen LogP contribution in [0.1, 0.15) is 5.69 Å². The van der Waals surface area contributed by atoms with Gasteiger partial charge < -0.3 is 5.73 Å². The number of halogens is 3. The van der Waals surface area contributed by atoms with Crippen LogP contribution in [0.25, 0.3) is 0 Å². The Kier molecular flexibility index (Phi) is 4.14. The Morgan fingerprint density at radius 3 is 2.48 bits per heavy atom. The molecular weight excluding hydrogens is 307 g/mol. The van der Waals surface area contributed by atoms with E-state index in [9.17, 15) is 21.6 Å². The fourth-order valence-electron chi connectivity index (χ4n) is 1.62. The lowest BCUT2D eigenvalue weighted by atomic mass is 10.3. The van der Waals surface area contributed by atoms with Crippen LogP contribution in [0.4, 0.5) is 18.9 Å². The zero-order valence-electron chi connectivity index (χ0n) is 10.5. The van der Waals surface area contributed by atoms with Crippen molar-refractivity contribution in [2.24, 2.45) is 5.73 Å². The van der Waals surface area contributed by atoms with E-state index in [0.29, 0.717) is 6.07 Å². The van der Waals surface area contributed by atoms with Crippen molar-refractivity contribution in [2.75, 3.05) is 4.72 Å². The number of anilines is 1. The highest BCUT2D eigenvalue weighted by molar-refractivity contribution is 7.92. The van der Waals surface area contributed by atoms with E-state index in [-0.39, 0.29) is 23.2 Å². The van der Waals surface area contributed by atoms with Crippen LogP contribution in [0.2, 0.25) is 0 Å². The molecule has 1 heterocycles. The third-order valence-corrected chi connectivity index (χ3v) is 4.02. The maximum atomic E-state index is 13.5. The van der Waals surface area contributed by atoms with Gasteiger partial charge in [0.15, 0.2) is 11.6 Å². The van der Waals surface area contributed by atoms with Gasteiger partial charge in [0.05, 0.1) is 11.4 Å². The molecule has 1 aromatic heterocycles. The Hall–Kier alpha value is -2.13. The van der Waals surface area contributed by atoms with Gasteiger partial charge in [-0.1, -0.05) is 0 Å². The average Bonchev–Trinajstić information content (AvgIpc) is 2.44. The summed E-state index contributed by atoms with van der Waals surface area (Å²) in [6.07, 6.45) is 1.35. The minimum Gasteiger partial charge on any atom is -0.325 e. The van der Waals surface area contributed by atoms with Crippen LogP contribution in [-0.4, -0.2) is 13.4 Å². The number of benzene rings is 1. The van der Waals surface area contributed by atoms with Crippen LogP contribution in [0, 0.1) is 17.5 Å². The predicted molar refractivity (Wildman–Crippen MR) is 69.3 cm³/mol. The second-order valence-electron chi connectivity index (χ2n) is 4.00. The molecule has 21 heavy (non-hydrogen) atoms. The molecule has 3 N–H and O–H groups in total. The highest BCUT2D eigenvalue weighted by Gasteiger charge is 2.21. The fourth-order valence-corrected chi connectivity index (χ4v) is 2.88. The van der Waals surface area contributed by atoms with Gasteiger partial charge in [0.1, 0.15) is 10.7 Å². The summed E-state index contributed by atoms with van der Waals surface area (Å²) >= 11 is 0. The number of nitrogens with zero attached hydrogens (tertiary/aromatic N) is 1. The van der Waals surface area contributed by atoms with E-state index in [0.717, 1.165) is 0 Å². The van der Waals surface area contributed by atoms with Gasteiger partial charge in [0.25, 0.3) is 10.0 Å². The van der Waals surface area contributed by atoms with Crippen LogP contribution in [-0.2, 0) is 16.6 Å². The molecule has 0 amide bonds. The van der Waals surface area contributed by atoms with Gasteiger partial charge in [0.2, 0.25) is 0 Å². The highest BCUT2D eigenvalue weighted by Crippen LogP contribution is 2.23. The molecule has 0 unspecified atom stereocenters. The number of aromatic nitrogens is 1. The number of nitrogens with one attached hydrogen (secondary N) is 1. The number of rotatable bonds is 4. The SMILES string of the molecule is NCc1ncccc1S(=O)(=O)Nc1cc(F)c(F)cc1F. The van der Waals surface area contributed by atoms with Crippen molar-refractivity contribution in [2.45, 2.75) is 11.4 Å². The Morgan fingerprint density at radius 1 is 1.14 bits per heavy atom. The zero-order chi connectivity index (χ0) is 15.6. The predicted octanol–water partition coefficient (Wildman–Crippen LogP) is 1.76. The normalized spacial score (nSPS) is 11.4. The van der Waals surface area contributed by atoms with Gasteiger partial charge in [-0.3, -0.25) is 9.71 Å². The summed E-state index contributed by atoms with van der Waals surface area (Å²) in [4.78, 5) is 3.52. The molecule has 0 atom stereocenters. The van der Waals surface area contributed by atoms with Crippen LogP contribution >= 0.6 is 0 Å². The summed E-state index contributed by atoms with van der Waals surface area (Å²) in [5.74, 6) is -4.03. The van der Waals surface area contributed by atoms with Crippen molar-refractivity contribution >= 4 is 15.7 Å². The molecule has 0 spiro atoms. The fraction of sp³-hybridized carbons (Fsp3) is 0.0833. The van der Waals surface area contributed by atoms with Gasteiger partial charge in [-0.2, -0.15) is 0 Å². The third-order valence-electron chi connectivity index (χ3n) is 2.59. The Labute approximate surface area is 118 Å². The molecule has 0 bridgehead atoms. The molecule has 0 fully saturated rings. The first-order chi connectivity index (χ1) is 9.85. The quantitative estimate of drug-likeness (QED) is 0.842. The lowest BCUT2D eigenvalue weighted by molar-refractivity contribution is 0.496. The van der Waals surface area contributed by atoms with Crippen molar-refractivity contribution in [3.05, 3.63) is 53.6 Å². The monoisotopic (exact) mass is 317 g/mol. The third kappa shape index (κ3) is 3.14. The second-order valence-corrected chi connectivity index (χ2v) is 5.65. The van der Waals surface area contributed by atoms with E-state index < -0.39 is 33.2 Å². The summed E-state index contributed by atoms with van der Waals surface area (Å²) in [5, 5.41) is 0. The largest absolute Gasteiger partial charge is 0.325 e. The van der Waals surface area contributed by atoms with Gasteiger partial charge >= 0.3 is 0 Å². The van der Waals surface area contributed by atoms with Gasteiger partial charge in [-0.05, 0) is 12.1 Å². The molecule has 2 aromatic rings. The van der Waals surface area contributed by atoms with Crippen molar-refractivity contribution in [3.63, 3.8) is 0 Å². The smallest absolute Gasteiger partial charge is 0.263 e. The summed E-state index contributed by atoms with van der Waals surface area (Å²) < 4.78 is 65.5. The number of pyridine rings is 1. The Morgan fingerprint density at radius 2 is 1.81 bits per heavy atom. The van der Waals surface area contributed by atoms with E-state index in [1.807, 2.05) is 4.72 Å². The number of nitrogens with two attached hydrogens (primary N) is 1. The second kappa shape index (κ2) is 5.70. The first-order valence-corrected chi connectivity index (χ1v) is 7.15. The number of hydrogen-bond donors (Lipinski definition) is 2. The number of hydrogen-bond acceptors (Lipinski definition) is 4. The van der Waals surface area contributed by atoms with Crippen LogP contribution in [0.3, 0.4) is 0 Å². The molecule has 5 nitrogen and oxygen atoms in total.